The van der Waals surface area contributed by atoms with Crippen LogP contribution in [-0.2, 0) is 21.7 Å². The molecule has 0 spiro atoms. The van der Waals surface area contributed by atoms with E-state index < -0.39 is 0 Å². The van der Waals surface area contributed by atoms with Crippen LogP contribution in [0.2, 0.25) is 0 Å². The van der Waals surface area contributed by atoms with Crippen molar-refractivity contribution in [1.29, 1.82) is 0 Å². The summed E-state index contributed by atoms with van der Waals surface area (Å²) in [6.07, 6.45) is 9.83. The number of para-hydroxylation sites is 1. The van der Waals surface area contributed by atoms with Crippen LogP contribution >= 0.6 is 0 Å². The monoisotopic (exact) mass is 840 g/mol. The number of nitrogens with zero attached hydrogens (tertiary/aromatic N) is 3. The van der Waals surface area contributed by atoms with E-state index in [0.717, 1.165) is 0 Å². The van der Waals surface area contributed by atoms with E-state index in [1.54, 1.807) is 5.56 Å². The SMILES string of the molecule is CC(C)(C)c1ccc(N2c3ccc(C(C)(C)C)cc3B3c4cc(-c5ccccc5)cc5c4N(c4cc(N6c7ccccc7C7(C)CCCCC67C)cc2c43)C2(C)CCCCC52C)cc1. The lowest BCUT2D eigenvalue weighted by Gasteiger charge is -2.54. The summed E-state index contributed by atoms with van der Waals surface area (Å²) >= 11 is 0. The van der Waals surface area contributed by atoms with Gasteiger partial charge in [-0.15, -0.1) is 0 Å². The highest BCUT2D eigenvalue weighted by molar-refractivity contribution is 7.00. The second kappa shape index (κ2) is 13.2. The fraction of sp³-hybridized carbons (Fsp3) is 0.400. The maximum Gasteiger partial charge on any atom is 0.252 e. The van der Waals surface area contributed by atoms with Crippen LogP contribution in [0.5, 0.6) is 0 Å². The van der Waals surface area contributed by atoms with Crippen molar-refractivity contribution in [1.82, 2.24) is 0 Å². The summed E-state index contributed by atoms with van der Waals surface area (Å²) < 4.78 is 0. The summed E-state index contributed by atoms with van der Waals surface area (Å²) in [7, 11) is 0. The third-order valence-corrected chi connectivity index (χ3v) is 18.2. The van der Waals surface area contributed by atoms with Crippen molar-refractivity contribution in [2.24, 2.45) is 0 Å². The third-order valence-electron chi connectivity index (χ3n) is 18.2. The lowest BCUT2D eigenvalue weighted by atomic mass is 9.33. The maximum absolute atomic E-state index is 2.94. The molecule has 4 atom stereocenters. The number of anilines is 7. The topological polar surface area (TPSA) is 9.72 Å². The highest BCUT2D eigenvalue weighted by atomic mass is 15.3. The molecule has 6 aliphatic rings. The molecule has 64 heavy (non-hydrogen) atoms. The Morgan fingerprint density at radius 3 is 1.73 bits per heavy atom. The Bertz CT molecular complexity index is 2900. The predicted octanol–water partition coefficient (Wildman–Crippen LogP) is 14.0. The van der Waals surface area contributed by atoms with E-state index in [-0.39, 0.29) is 39.5 Å². The standard InChI is InChI=1S/C60H66BN3/c1-55(2,3)41-24-27-43(28-25-41)62-50-29-26-42(56(4,5)6)36-47(50)61-48-35-40(39-20-12-11-13-21-39)34-46-54(48)64(60(10)33-19-17-31-58(46,60)8)52-38-44(37-51(62)53(52)61)63-49-23-15-14-22-45(49)57(7)30-16-18-32-59(57,63)9/h11-15,20-29,34-38H,16-19,30-33H2,1-10H3. The summed E-state index contributed by atoms with van der Waals surface area (Å²) in [6, 6.07) is 48.3. The fourth-order valence-corrected chi connectivity index (χ4v) is 14.2. The number of fused-ring (bicyclic) bond motifs is 10. The molecule has 324 valence electrons. The minimum Gasteiger partial charge on any atom is -0.335 e. The second-order valence-electron chi connectivity index (χ2n) is 23.6. The van der Waals surface area contributed by atoms with Crippen molar-refractivity contribution in [3.8, 4) is 11.1 Å². The zero-order valence-electron chi connectivity index (χ0n) is 40.1. The summed E-state index contributed by atoms with van der Waals surface area (Å²) in [5, 5.41) is 0. The quantitative estimate of drug-likeness (QED) is 0.164. The molecule has 4 heteroatoms. The van der Waals surface area contributed by atoms with Crippen molar-refractivity contribution in [2.75, 3.05) is 14.7 Å². The first-order chi connectivity index (χ1) is 30.5. The zero-order valence-corrected chi connectivity index (χ0v) is 40.1. The molecule has 6 aromatic carbocycles. The normalized spacial score (nSPS) is 26.2. The summed E-state index contributed by atoms with van der Waals surface area (Å²) in [6.45, 7) is 24.6. The van der Waals surface area contributed by atoms with Crippen molar-refractivity contribution < 1.29 is 0 Å². The Morgan fingerprint density at radius 2 is 1.05 bits per heavy atom. The van der Waals surface area contributed by atoms with Gasteiger partial charge in [0.1, 0.15) is 0 Å². The van der Waals surface area contributed by atoms with Gasteiger partial charge in [-0.3, -0.25) is 0 Å². The van der Waals surface area contributed by atoms with Crippen molar-refractivity contribution in [3.05, 3.63) is 144 Å². The van der Waals surface area contributed by atoms with E-state index in [1.807, 2.05) is 0 Å². The molecule has 0 bridgehead atoms. The lowest BCUT2D eigenvalue weighted by molar-refractivity contribution is 0.194. The number of benzene rings is 6. The van der Waals surface area contributed by atoms with Crippen LogP contribution in [0.25, 0.3) is 11.1 Å². The Morgan fingerprint density at radius 1 is 0.453 bits per heavy atom. The molecule has 4 aliphatic heterocycles. The summed E-state index contributed by atoms with van der Waals surface area (Å²) in [5.74, 6) is 0. The number of rotatable bonds is 3. The molecular formula is C60H66BN3. The van der Waals surface area contributed by atoms with Crippen LogP contribution in [0, 0.1) is 0 Å². The largest absolute Gasteiger partial charge is 0.335 e. The van der Waals surface area contributed by atoms with Gasteiger partial charge in [0.25, 0.3) is 6.71 Å². The van der Waals surface area contributed by atoms with Crippen LogP contribution in [0.1, 0.15) is 143 Å². The van der Waals surface area contributed by atoms with Gasteiger partial charge >= 0.3 is 0 Å². The predicted molar refractivity (Wildman–Crippen MR) is 274 cm³/mol. The lowest BCUT2D eigenvalue weighted by Crippen LogP contribution is -2.64. The zero-order chi connectivity index (χ0) is 44.3. The molecule has 3 nitrogen and oxygen atoms in total. The summed E-state index contributed by atoms with van der Waals surface area (Å²) in [5.41, 5.74) is 22.3. The Balaban J connectivity index is 1.22. The first-order valence-electron chi connectivity index (χ1n) is 24.6. The highest BCUT2D eigenvalue weighted by Crippen LogP contribution is 2.65. The van der Waals surface area contributed by atoms with E-state index in [0.29, 0.717) is 0 Å². The smallest absolute Gasteiger partial charge is 0.252 e. The Labute approximate surface area is 384 Å². The molecule has 2 fully saturated rings. The molecule has 0 aromatic heterocycles. The molecule has 4 unspecified atom stereocenters. The average molecular weight is 840 g/mol. The number of hydrogen-bond acceptors (Lipinski definition) is 3. The third kappa shape index (κ3) is 5.18. The Hall–Kier alpha value is -5.22. The highest BCUT2D eigenvalue weighted by Gasteiger charge is 2.63. The van der Waals surface area contributed by atoms with E-state index in [1.165, 1.54) is 135 Å². The van der Waals surface area contributed by atoms with E-state index in [2.05, 4.69) is 205 Å². The van der Waals surface area contributed by atoms with Gasteiger partial charge < -0.3 is 14.7 Å². The van der Waals surface area contributed by atoms with Crippen LogP contribution < -0.4 is 31.1 Å². The maximum atomic E-state index is 2.94. The average Bonchev–Trinajstić information content (AvgIpc) is 3.62. The van der Waals surface area contributed by atoms with Gasteiger partial charge in [-0.05, 0) is 143 Å². The van der Waals surface area contributed by atoms with Crippen molar-refractivity contribution >= 4 is 62.9 Å². The van der Waals surface area contributed by atoms with Gasteiger partial charge in [0.05, 0.1) is 11.1 Å². The minimum atomic E-state index is -0.0894. The molecule has 2 saturated carbocycles. The molecule has 12 rings (SSSR count). The van der Waals surface area contributed by atoms with Gasteiger partial charge in [-0.2, -0.15) is 0 Å². The fourth-order valence-electron chi connectivity index (χ4n) is 14.2. The molecular weight excluding hydrogens is 773 g/mol. The van der Waals surface area contributed by atoms with Crippen LogP contribution in [0.3, 0.4) is 0 Å². The van der Waals surface area contributed by atoms with Gasteiger partial charge in [0.2, 0.25) is 0 Å². The Kier molecular flexibility index (Phi) is 8.32. The molecule has 0 radical (unpaired) electrons. The molecule has 0 amide bonds. The molecule has 2 aliphatic carbocycles. The van der Waals surface area contributed by atoms with E-state index >= 15 is 0 Å². The molecule has 6 aromatic rings. The van der Waals surface area contributed by atoms with E-state index in [9.17, 15) is 0 Å². The minimum absolute atomic E-state index is 0.00312. The summed E-state index contributed by atoms with van der Waals surface area (Å²) in [4.78, 5) is 8.44. The first kappa shape index (κ1) is 40.3. The second-order valence-corrected chi connectivity index (χ2v) is 23.6. The van der Waals surface area contributed by atoms with Crippen molar-refractivity contribution in [3.63, 3.8) is 0 Å². The van der Waals surface area contributed by atoms with Gasteiger partial charge in [-0.25, -0.2) is 0 Å². The van der Waals surface area contributed by atoms with Crippen LogP contribution in [-0.4, -0.2) is 17.8 Å². The van der Waals surface area contributed by atoms with Gasteiger partial charge in [0.15, 0.2) is 0 Å². The van der Waals surface area contributed by atoms with Gasteiger partial charge in [0, 0.05) is 50.6 Å². The van der Waals surface area contributed by atoms with Gasteiger partial charge in [-0.1, -0.05) is 160 Å². The van der Waals surface area contributed by atoms with Crippen LogP contribution in [0.15, 0.2) is 121 Å². The molecule has 0 saturated heterocycles. The molecule has 4 heterocycles. The number of hydrogen-bond donors (Lipinski definition) is 0. The molecule has 0 N–H and O–H groups in total. The van der Waals surface area contributed by atoms with Crippen LogP contribution in [0.4, 0.5) is 39.8 Å². The van der Waals surface area contributed by atoms with E-state index in [4.69, 9.17) is 0 Å². The first-order valence-corrected chi connectivity index (χ1v) is 24.6. The van der Waals surface area contributed by atoms with Crippen molar-refractivity contribution in [2.45, 2.75) is 153 Å².